The minimum absolute atomic E-state index is 0.190. The molecule has 1 fully saturated rings. The summed E-state index contributed by atoms with van der Waals surface area (Å²) in [5, 5.41) is 6.85. The molecule has 0 spiro atoms. The first kappa shape index (κ1) is 24.6. The number of anilines is 2. The summed E-state index contributed by atoms with van der Waals surface area (Å²) in [4.78, 5) is 14.0. The molecule has 35 heavy (non-hydrogen) atoms. The van der Waals surface area contributed by atoms with Crippen LogP contribution < -0.4 is 21.8 Å². The fourth-order valence-electron chi connectivity index (χ4n) is 4.29. The summed E-state index contributed by atoms with van der Waals surface area (Å²) in [6.07, 6.45) is 5.38. The lowest BCUT2D eigenvalue weighted by atomic mass is 9.79. The van der Waals surface area contributed by atoms with Crippen molar-refractivity contribution < 1.29 is 0 Å². The number of hydrazine groups is 1. The zero-order valence-electron chi connectivity index (χ0n) is 21.1. The molecular weight excluding hydrogens is 435 g/mol. The standard InChI is InChI=1S/C26H35BN8/c1-18(19-7-8-30-25(15-19)34-9-11-35(12-10-34)26(2,3)27)32-24-14-22-13-20(23(28)17-33(4)29)5-6-21(22)16-31-24/h5-8,13-17H,1,9-12,27-29H2,2-4H3,(H,31,32)/b23-17-. The molecule has 3 heterocycles. The number of fused-ring (bicyclic) bond motifs is 1. The van der Waals surface area contributed by atoms with Crippen molar-refractivity contribution in [2.45, 2.75) is 19.3 Å². The predicted octanol–water partition coefficient (Wildman–Crippen LogP) is 2.27. The third kappa shape index (κ3) is 5.93. The van der Waals surface area contributed by atoms with Gasteiger partial charge in [-0.05, 0) is 40.7 Å². The maximum atomic E-state index is 6.17. The number of piperazine rings is 1. The monoisotopic (exact) mass is 470 g/mol. The number of hydrogen-bond donors (Lipinski definition) is 3. The van der Waals surface area contributed by atoms with Crippen molar-refractivity contribution in [2.24, 2.45) is 11.6 Å². The molecule has 4 rings (SSSR count). The van der Waals surface area contributed by atoms with E-state index in [9.17, 15) is 0 Å². The van der Waals surface area contributed by atoms with E-state index < -0.39 is 0 Å². The summed E-state index contributed by atoms with van der Waals surface area (Å²) in [6, 6.07) is 12.1. The van der Waals surface area contributed by atoms with Crippen LogP contribution in [0.1, 0.15) is 25.0 Å². The molecule has 3 aromatic rings. The van der Waals surface area contributed by atoms with Crippen molar-refractivity contribution >= 4 is 41.6 Å². The zero-order chi connectivity index (χ0) is 25.2. The summed E-state index contributed by atoms with van der Waals surface area (Å²) >= 11 is 0. The van der Waals surface area contributed by atoms with Gasteiger partial charge < -0.3 is 25.9 Å². The molecule has 5 N–H and O–H groups in total. The molecular formula is C26H35BN8. The van der Waals surface area contributed by atoms with Crippen LogP contribution in [0, 0.1) is 0 Å². The molecule has 1 saturated heterocycles. The van der Waals surface area contributed by atoms with Gasteiger partial charge in [0, 0.05) is 68.5 Å². The first-order chi connectivity index (χ1) is 16.6. The number of nitrogens with zero attached hydrogens (tertiary/aromatic N) is 5. The van der Waals surface area contributed by atoms with Gasteiger partial charge in [-0.2, -0.15) is 0 Å². The average Bonchev–Trinajstić information content (AvgIpc) is 2.83. The number of nitrogens with one attached hydrogen (secondary N) is 1. The summed E-state index contributed by atoms with van der Waals surface area (Å²) in [7, 11) is 4.00. The van der Waals surface area contributed by atoms with Crippen LogP contribution in [-0.4, -0.2) is 66.4 Å². The largest absolute Gasteiger partial charge is 0.397 e. The minimum atomic E-state index is 0.190. The van der Waals surface area contributed by atoms with Gasteiger partial charge in [0.25, 0.3) is 0 Å². The summed E-state index contributed by atoms with van der Waals surface area (Å²) in [6.45, 7) is 12.8. The highest BCUT2D eigenvalue weighted by molar-refractivity contribution is 6.14. The van der Waals surface area contributed by atoms with Crippen LogP contribution >= 0.6 is 0 Å². The number of nitrogens with two attached hydrogens (primary N) is 2. The van der Waals surface area contributed by atoms with E-state index in [4.69, 9.17) is 11.6 Å². The molecule has 1 aliphatic rings. The van der Waals surface area contributed by atoms with Crippen molar-refractivity contribution in [3.8, 4) is 0 Å². The summed E-state index contributed by atoms with van der Waals surface area (Å²) < 4.78 is 0. The van der Waals surface area contributed by atoms with Gasteiger partial charge in [0.15, 0.2) is 0 Å². The second-order valence-corrected chi connectivity index (χ2v) is 10.0. The van der Waals surface area contributed by atoms with Crippen LogP contribution in [0.2, 0.25) is 0 Å². The molecule has 1 aromatic carbocycles. The van der Waals surface area contributed by atoms with Crippen molar-refractivity contribution in [3.05, 3.63) is 72.7 Å². The SMILES string of the molecule is BC(C)(C)N1CCN(c2cc(C(=C)Nc3cc4cc(/C(N)=C/N(C)N)ccc4cn3)ccn2)CC1. The molecule has 0 aliphatic carbocycles. The van der Waals surface area contributed by atoms with E-state index in [2.05, 4.69) is 59.4 Å². The molecule has 8 nitrogen and oxygen atoms in total. The van der Waals surface area contributed by atoms with Gasteiger partial charge in [-0.3, -0.25) is 0 Å². The Bertz CT molecular complexity index is 1240. The second-order valence-electron chi connectivity index (χ2n) is 10.0. The Hall–Kier alpha value is -3.56. The predicted molar refractivity (Wildman–Crippen MR) is 149 cm³/mol. The third-order valence-electron chi connectivity index (χ3n) is 6.32. The lowest BCUT2D eigenvalue weighted by Crippen LogP contribution is -2.55. The first-order valence-corrected chi connectivity index (χ1v) is 11.9. The summed E-state index contributed by atoms with van der Waals surface area (Å²) in [5.74, 6) is 7.39. The van der Waals surface area contributed by atoms with Crippen molar-refractivity contribution in [1.29, 1.82) is 0 Å². The third-order valence-corrected chi connectivity index (χ3v) is 6.32. The number of benzene rings is 1. The number of pyridine rings is 2. The van der Waals surface area contributed by atoms with E-state index in [-0.39, 0.29) is 5.44 Å². The second kappa shape index (κ2) is 9.97. The number of hydrogen-bond acceptors (Lipinski definition) is 8. The maximum absolute atomic E-state index is 6.17. The van der Waals surface area contributed by atoms with Crippen molar-refractivity contribution in [2.75, 3.05) is 43.4 Å². The van der Waals surface area contributed by atoms with Gasteiger partial charge in [0.2, 0.25) is 0 Å². The molecule has 0 amide bonds. The van der Waals surface area contributed by atoms with Crippen LogP contribution in [0.25, 0.3) is 22.2 Å². The summed E-state index contributed by atoms with van der Waals surface area (Å²) in [5.41, 5.74) is 9.62. The molecule has 0 atom stereocenters. The van der Waals surface area contributed by atoms with E-state index in [0.717, 1.165) is 65.4 Å². The molecule has 0 unspecified atom stereocenters. The smallest absolute Gasteiger partial charge is 0.130 e. The van der Waals surface area contributed by atoms with E-state index in [1.54, 1.807) is 13.2 Å². The molecule has 0 radical (unpaired) electrons. The molecule has 2 aromatic heterocycles. The van der Waals surface area contributed by atoms with Crippen LogP contribution in [0.3, 0.4) is 0 Å². The molecule has 0 saturated carbocycles. The van der Waals surface area contributed by atoms with E-state index in [1.807, 2.05) is 42.7 Å². The van der Waals surface area contributed by atoms with Crippen LogP contribution in [-0.2, 0) is 0 Å². The lowest BCUT2D eigenvalue weighted by Gasteiger charge is -2.42. The average molecular weight is 470 g/mol. The van der Waals surface area contributed by atoms with Gasteiger partial charge >= 0.3 is 0 Å². The number of aromatic nitrogens is 2. The van der Waals surface area contributed by atoms with Gasteiger partial charge in [-0.15, -0.1) is 0 Å². The van der Waals surface area contributed by atoms with Crippen LogP contribution in [0.15, 0.2) is 61.6 Å². The molecule has 182 valence electrons. The maximum Gasteiger partial charge on any atom is 0.130 e. The minimum Gasteiger partial charge on any atom is -0.397 e. The van der Waals surface area contributed by atoms with Gasteiger partial charge in [-0.25, -0.2) is 15.8 Å². The van der Waals surface area contributed by atoms with Gasteiger partial charge in [-0.1, -0.05) is 32.6 Å². The Morgan fingerprint density at radius 1 is 1.09 bits per heavy atom. The highest BCUT2D eigenvalue weighted by Gasteiger charge is 2.26. The fourth-order valence-corrected chi connectivity index (χ4v) is 4.29. The Morgan fingerprint density at radius 3 is 2.51 bits per heavy atom. The normalized spacial score (nSPS) is 15.3. The van der Waals surface area contributed by atoms with Gasteiger partial charge in [0.1, 0.15) is 19.5 Å². The van der Waals surface area contributed by atoms with Gasteiger partial charge in [0.05, 0.1) is 5.70 Å². The van der Waals surface area contributed by atoms with Crippen molar-refractivity contribution in [3.63, 3.8) is 0 Å². The highest BCUT2D eigenvalue weighted by atomic mass is 15.4. The Balaban J connectivity index is 1.48. The van der Waals surface area contributed by atoms with E-state index in [1.165, 1.54) is 5.01 Å². The van der Waals surface area contributed by atoms with Crippen molar-refractivity contribution in [1.82, 2.24) is 19.9 Å². The van der Waals surface area contributed by atoms with Crippen LogP contribution in [0.4, 0.5) is 11.6 Å². The van der Waals surface area contributed by atoms with E-state index in [0.29, 0.717) is 5.70 Å². The highest BCUT2D eigenvalue weighted by Crippen LogP contribution is 2.25. The van der Waals surface area contributed by atoms with Crippen LogP contribution in [0.5, 0.6) is 0 Å². The molecule has 0 bridgehead atoms. The Labute approximate surface area is 208 Å². The topological polar surface area (TPSA) is 99.6 Å². The Kier molecular flexibility index (Phi) is 7.00. The molecule has 1 aliphatic heterocycles. The zero-order valence-corrected chi connectivity index (χ0v) is 21.1. The van der Waals surface area contributed by atoms with E-state index >= 15 is 0 Å². The lowest BCUT2D eigenvalue weighted by molar-refractivity contribution is 0.178. The molecule has 9 heteroatoms. The quantitative estimate of drug-likeness (QED) is 0.275. The fraction of sp³-hybridized carbons (Fsp3) is 0.308. The Morgan fingerprint density at radius 2 is 1.83 bits per heavy atom. The number of rotatable bonds is 7. The first-order valence-electron chi connectivity index (χ1n) is 11.9.